The maximum atomic E-state index is 5.33. The van der Waals surface area contributed by atoms with Gasteiger partial charge in [0.25, 0.3) is 0 Å². The van der Waals surface area contributed by atoms with Crippen LogP contribution in [0.4, 0.5) is 0 Å². The number of halogens is 2. The van der Waals surface area contributed by atoms with Crippen LogP contribution in [0.2, 0.25) is 0 Å². The standard InChI is InChI=1S/C11H14I2O/c1-11(2,3)7-5-8(12)10(14-4)9(13)6-7/h5-6H,1-4H3. The predicted molar refractivity (Wildman–Crippen MR) is 77.1 cm³/mol. The molecule has 0 spiro atoms. The molecular weight excluding hydrogens is 402 g/mol. The van der Waals surface area contributed by atoms with Crippen LogP contribution in [0.3, 0.4) is 0 Å². The highest BCUT2D eigenvalue weighted by molar-refractivity contribution is 14.1. The van der Waals surface area contributed by atoms with Gasteiger partial charge in [-0.2, -0.15) is 0 Å². The predicted octanol–water partition coefficient (Wildman–Crippen LogP) is 4.20. The molecule has 3 heteroatoms. The van der Waals surface area contributed by atoms with Crippen LogP contribution in [0.1, 0.15) is 26.3 Å². The molecule has 0 unspecified atom stereocenters. The molecule has 0 heterocycles. The summed E-state index contributed by atoms with van der Waals surface area (Å²) in [4.78, 5) is 0. The Hall–Kier alpha value is 0.480. The highest BCUT2D eigenvalue weighted by Crippen LogP contribution is 2.33. The summed E-state index contributed by atoms with van der Waals surface area (Å²) >= 11 is 4.64. The fourth-order valence-electron chi connectivity index (χ4n) is 1.19. The van der Waals surface area contributed by atoms with Crippen molar-refractivity contribution in [2.24, 2.45) is 0 Å². The van der Waals surface area contributed by atoms with E-state index in [2.05, 4.69) is 78.1 Å². The number of rotatable bonds is 1. The first-order chi connectivity index (χ1) is 6.36. The molecule has 0 saturated carbocycles. The van der Waals surface area contributed by atoms with Crippen LogP contribution in [0.5, 0.6) is 5.75 Å². The van der Waals surface area contributed by atoms with Gasteiger partial charge in [0.15, 0.2) is 0 Å². The SMILES string of the molecule is COc1c(I)cc(C(C)(C)C)cc1I. The number of hydrogen-bond acceptors (Lipinski definition) is 1. The number of hydrogen-bond donors (Lipinski definition) is 0. The van der Waals surface area contributed by atoms with Crippen LogP contribution in [-0.2, 0) is 5.41 Å². The summed E-state index contributed by atoms with van der Waals surface area (Å²) in [5.41, 5.74) is 1.55. The Kier molecular flexibility index (Phi) is 4.08. The molecule has 0 aliphatic heterocycles. The zero-order chi connectivity index (χ0) is 10.9. The molecule has 0 amide bonds. The molecule has 1 aromatic carbocycles. The minimum Gasteiger partial charge on any atom is -0.495 e. The third-order valence-electron chi connectivity index (χ3n) is 2.07. The smallest absolute Gasteiger partial charge is 0.145 e. The van der Waals surface area contributed by atoms with E-state index < -0.39 is 0 Å². The molecular formula is C11H14I2O. The van der Waals surface area contributed by atoms with Crippen molar-refractivity contribution in [2.45, 2.75) is 26.2 Å². The fourth-order valence-corrected chi connectivity index (χ4v) is 3.40. The lowest BCUT2D eigenvalue weighted by Crippen LogP contribution is -2.12. The van der Waals surface area contributed by atoms with Gasteiger partial charge in [-0.15, -0.1) is 0 Å². The topological polar surface area (TPSA) is 9.23 Å². The fraction of sp³-hybridized carbons (Fsp3) is 0.455. The minimum atomic E-state index is 0.201. The van der Waals surface area contributed by atoms with E-state index in [1.807, 2.05) is 0 Å². The molecule has 0 aliphatic carbocycles. The molecule has 0 N–H and O–H groups in total. The molecule has 78 valence electrons. The van der Waals surface area contributed by atoms with Crippen LogP contribution < -0.4 is 4.74 Å². The van der Waals surface area contributed by atoms with E-state index in [4.69, 9.17) is 4.74 Å². The van der Waals surface area contributed by atoms with Crippen molar-refractivity contribution >= 4 is 45.2 Å². The summed E-state index contributed by atoms with van der Waals surface area (Å²) in [7, 11) is 1.72. The molecule has 0 saturated heterocycles. The Morgan fingerprint density at radius 1 is 1.07 bits per heavy atom. The van der Waals surface area contributed by atoms with Crippen molar-refractivity contribution in [3.63, 3.8) is 0 Å². The van der Waals surface area contributed by atoms with Crippen LogP contribution in [0.25, 0.3) is 0 Å². The molecule has 0 radical (unpaired) electrons. The second-order valence-corrected chi connectivity index (χ2v) is 6.55. The zero-order valence-electron chi connectivity index (χ0n) is 8.82. The molecule has 0 aromatic heterocycles. The first-order valence-corrected chi connectivity index (χ1v) is 6.55. The lowest BCUT2D eigenvalue weighted by molar-refractivity contribution is 0.408. The first kappa shape index (κ1) is 12.5. The van der Waals surface area contributed by atoms with E-state index in [-0.39, 0.29) is 5.41 Å². The average molecular weight is 416 g/mol. The molecule has 0 fully saturated rings. The van der Waals surface area contributed by atoms with Crippen LogP contribution in [0, 0.1) is 7.14 Å². The molecule has 0 bridgehead atoms. The van der Waals surface area contributed by atoms with Gasteiger partial charge in [0, 0.05) is 0 Å². The van der Waals surface area contributed by atoms with E-state index in [1.165, 1.54) is 12.7 Å². The summed E-state index contributed by atoms with van der Waals surface area (Å²) < 4.78 is 7.69. The Labute approximate surface area is 113 Å². The van der Waals surface area contributed by atoms with Crippen LogP contribution in [-0.4, -0.2) is 7.11 Å². The van der Waals surface area contributed by atoms with Gasteiger partial charge in [0.1, 0.15) is 5.75 Å². The van der Waals surface area contributed by atoms with Gasteiger partial charge in [-0.05, 0) is 68.3 Å². The highest BCUT2D eigenvalue weighted by atomic mass is 127. The summed E-state index contributed by atoms with van der Waals surface area (Å²) in [5.74, 6) is 0.985. The quantitative estimate of drug-likeness (QED) is 0.624. The Morgan fingerprint density at radius 3 is 1.79 bits per heavy atom. The van der Waals surface area contributed by atoms with Gasteiger partial charge in [-0.25, -0.2) is 0 Å². The average Bonchev–Trinajstić information content (AvgIpc) is 2.01. The number of ether oxygens (including phenoxy) is 1. The summed E-state index contributed by atoms with van der Waals surface area (Å²) in [5, 5.41) is 0. The Bertz CT molecular complexity index is 317. The lowest BCUT2D eigenvalue weighted by Gasteiger charge is -2.20. The monoisotopic (exact) mass is 416 g/mol. The van der Waals surface area contributed by atoms with Crippen molar-refractivity contribution in [3.05, 3.63) is 24.8 Å². The maximum Gasteiger partial charge on any atom is 0.145 e. The Balaban J connectivity index is 3.28. The normalized spacial score (nSPS) is 11.6. The van der Waals surface area contributed by atoms with Crippen molar-refractivity contribution in [1.29, 1.82) is 0 Å². The van der Waals surface area contributed by atoms with E-state index in [1.54, 1.807) is 7.11 Å². The second kappa shape index (κ2) is 4.55. The zero-order valence-corrected chi connectivity index (χ0v) is 13.1. The van der Waals surface area contributed by atoms with Gasteiger partial charge in [-0.3, -0.25) is 0 Å². The summed E-state index contributed by atoms with van der Waals surface area (Å²) in [6, 6.07) is 4.39. The van der Waals surface area contributed by atoms with Gasteiger partial charge in [-0.1, -0.05) is 20.8 Å². The van der Waals surface area contributed by atoms with E-state index in [9.17, 15) is 0 Å². The second-order valence-electron chi connectivity index (χ2n) is 4.22. The number of methoxy groups -OCH3 is 1. The Morgan fingerprint density at radius 2 is 1.50 bits per heavy atom. The van der Waals surface area contributed by atoms with Crippen molar-refractivity contribution < 1.29 is 4.74 Å². The van der Waals surface area contributed by atoms with Gasteiger partial charge < -0.3 is 4.74 Å². The highest BCUT2D eigenvalue weighted by Gasteiger charge is 2.17. The maximum absolute atomic E-state index is 5.33. The van der Waals surface area contributed by atoms with Gasteiger partial charge in [0.2, 0.25) is 0 Å². The van der Waals surface area contributed by atoms with Crippen molar-refractivity contribution in [3.8, 4) is 5.75 Å². The summed E-state index contributed by atoms with van der Waals surface area (Å²) in [6.07, 6.45) is 0. The lowest BCUT2D eigenvalue weighted by atomic mass is 9.87. The van der Waals surface area contributed by atoms with Crippen LogP contribution in [0.15, 0.2) is 12.1 Å². The number of benzene rings is 1. The van der Waals surface area contributed by atoms with E-state index in [0.717, 1.165) is 5.75 Å². The van der Waals surface area contributed by atoms with Gasteiger partial charge in [0.05, 0.1) is 14.3 Å². The third kappa shape index (κ3) is 2.74. The van der Waals surface area contributed by atoms with Crippen molar-refractivity contribution in [1.82, 2.24) is 0 Å². The minimum absolute atomic E-state index is 0.201. The third-order valence-corrected chi connectivity index (χ3v) is 3.67. The molecule has 14 heavy (non-hydrogen) atoms. The molecule has 1 rings (SSSR count). The molecule has 0 atom stereocenters. The van der Waals surface area contributed by atoms with E-state index in [0.29, 0.717) is 0 Å². The van der Waals surface area contributed by atoms with Crippen molar-refractivity contribution in [2.75, 3.05) is 7.11 Å². The van der Waals surface area contributed by atoms with E-state index >= 15 is 0 Å². The van der Waals surface area contributed by atoms with Gasteiger partial charge >= 0.3 is 0 Å². The first-order valence-electron chi connectivity index (χ1n) is 4.40. The van der Waals surface area contributed by atoms with Crippen LogP contribution >= 0.6 is 45.2 Å². The molecule has 1 nitrogen and oxygen atoms in total. The largest absolute Gasteiger partial charge is 0.495 e. The molecule has 1 aromatic rings. The summed E-state index contributed by atoms with van der Waals surface area (Å²) in [6.45, 7) is 6.67. The molecule has 0 aliphatic rings.